The van der Waals surface area contributed by atoms with Gasteiger partial charge in [-0.3, -0.25) is 14.8 Å². The average Bonchev–Trinajstić information content (AvgIpc) is 3.97. The summed E-state index contributed by atoms with van der Waals surface area (Å²) in [6, 6.07) is 2.35. The summed E-state index contributed by atoms with van der Waals surface area (Å²) in [5, 5.41) is 10.9. The number of nitrogens with zero attached hydrogens (tertiary/aromatic N) is 7. The molecule has 0 amide bonds. The molecule has 0 spiro atoms. The van der Waals surface area contributed by atoms with Gasteiger partial charge in [0.15, 0.2) is 11.6 Å². The molecule has 54 heavy (non-hydrogen) atoms. The SMILES string of the molecule is COCCOCCCN1CC2CCC(C1)N2c1nc(OC[C@@]23CCCN2C[C@H](F)C3)nc2c(F)c(-c3ncc(F)c4sc(N)c(C#N)c34)c3c(c12)COC3. The van der Waals surface area contributed by atoms with Gasteiger partial charge < -0.3 is 29.6 Å². The van der Waals surface area contributed by atoms with Gasteiger partial charge in [-0.15, -0.1) is 11.3 Å². The fourth-order valence-corrected chi connectivity index (χ4v) is 10.6. The summed E-state index contributed by atoms with van der Waals surface area (Å²) in [6.07, 6.45) is 5.05. The maximum absolute atomic E-state index is 17.6. The molecule has 5 aliphatic heterocycles. The summed E-state index contributed by atoms with van der Waals surface area (Å²) in [7, 11) is 1.66. The number of ether oxygens (including phenoxy) is 4. The van der Waals surface area contributed by atoms with E-state index in [4.69, 9.17) is 34.6 Å². The molecular weight excluding hydrogens is 722 g/mol. The monoisotopic (exact) mass is 764 g/mol. The van der Waals surface area contributed by atoms with Crippen molar-refractivity contribution in [2.24, 2.45) is 0 Å². The third-order valence-corrected chi connectivity index (χ3v) is 13.1. The van der Waals surface area contributed by atoms with Crippen molar-refractivity contribution in [1.82, 2.24) is 24.8 Å². The molecule has 12 nitrogen and oxygen atoms in total. The fourth-order valence-electron chi connectivity index (χ4n) is 9.68. The van der Waals surface area contributed by atoms with Crippen molar-refractivity contribution in [3.05, 3.63) is 34.5 Å². The molecular formula is C38H43F3N8O4S. The molecule has 4 saturated heterocycles. The third-order valence-electron chi connectivity index (χ3n) is 12.0. The van der Waals surface area contributed by atoms with Gasteiger partial charge in [-0.2, -0.15) is 15.2 Å². The number of rotatable bonds is 12. The van der Waals surface area contributed by atoms with Gasteiger partial charge >= 0.3 is 6.01 Å². The van der Waals surface area contributed by atoms with Crippen LogP contribution in [0.3, 0.4) is 0 Å². The first-order chi connectivity index (χ1) is 26.3. The van der Waals surface area contributed by atoms with E-state index in [-0.39, 0.29) is 75.3 Å². The molecule has 2 bridgehead atoms. The highest BCUT2D eigenvalue weighted by molar-refractivity contribution is 7.23. The van der Waals surface area contributed by atoms with E-state index in [1.807, 2.05) is 0 Å². The van der Waals surface area contributed by atoms with Crippen molar-refractivity contribution in [3.8, 4) is 23.3 Å². The molecule has 5 aliphatic rings. The highest BCUT2D eigenvalue weighted by Gasteiger charge is 2.50. The van der Waals surface area contributed by atoms with Crippen LogP contribution in [0.5, 0.6) is 6.01 Å². The zero-order valence-corrected chi connectivity index (χ0v) is 31.0. The van der Waals surface area contributed by atoms with Crippen LogP contribution in [0.4, 0.5) is 24.0 Å². The van der Waals surface area contributed by atoms with Crippen molar-refractivity contribution in [2.75, 3.05) is 76.9 Å². The molecule has 0 aliphatic carbocycles. The van der Waals surface area contributed by atoms with Crippen LogP contribution in [-0.4, -0.2) is 115 Å². The molecule has 286 valence electrons. The van der Waals surface area contributed by atoms with Gasteiger partial charge in [-0.1, -0.05) is 0 Å². The highest BCUT2D eigenvalue weighted by Crippen LogP contribution is 2.48. The highest BCUT2D eigenvalue weighted by atomic mass is 32.1. The van der Waals surface area contributed by atoms with Crippen molar-refractivity contribution in [3.63, 3.8) is 0 Å². The number of pyridine rings is 1. The zero-order valence-electron chi connectivity index (χ0n) is 30.2. The molecule has 0 radical (unpaired) electrons. The number of hydrogen-bond acceptors (Lipinski definition) is 13. The average molecular weight is 765 g/mol. The molecule has 8 heterocycles. The fraction of sp³-hybridized carbons (Fsp3) is 0.579. The number of likely N-dealkylation sites (tertiary alicyclic amines) is 1. The van der Waals surface area contributed by atoms with Gasteiger partial charge in [0.2, 0.25) is 0 Å². The summed E-state index contributed by atoms with van der Waals surface area (Å²) < 4.78 is 70.8. The number of nitrogens with two attached hydrogens (primary N) is 1. The maximum atomic E-state index is 17.6. The first-order valence-electron chi connectivity index (χ1n) is 18.8. The van der Waals surface area contributed by atoms with Crippen LogP contribution in [-0.2, 0) is 27.4 Å². The van der Waals surface area contributed by atoms with Gasteiger partial charge in [0, 0.05) is 69.3 Å². The lowest BCUT2D eigenvalue weighted by Gasteiger charge is -2.42. The van der Waals surface area contributed by atoms with Crippen molar-refractivity contribution in [2.45, 2.75) is 75.5 Å². The van der Waals surface area contributed by atoms with Crippen molar-refractivity contribution in [1.29, 1.82) is 5.26 Å². The normalized spacial score (nSPS) is 25.2. The number of fused-ring (bicyclic) bond motifs is 7. The van der Waals surface area contributed by atoms with Crippen LogP contribution >= 0.6 is 11.3 Å². The number of aromatic nitrogens is 3. The first-order valence-corrected chi connectivity index (χ1v) is 19.6. The third kappa shape index (κ3) is 5.95. The van der Waals surface area contributed by atoms with E-state index in [0.717, 1.165) is 81.4 Å². The van der Waals surface area contributed by atoms with Gasteiger partial charge in [0.05, 0.1) is 59.5 Å². The first kappa shape index (κ1) is 35.8. The molecule has 3 aromatic heterocycles. The van der Waals surface area contributed by atoms with E-state index in [1.165, 1.54) is 0 Å². The number of thiophene rings is 1. The summed E-state index contributed by atoms with van der Waals surface area (Å²) in [6.45, 7) is 5.99. The molecule has 0 saturated carbocycles. The van der Waals surface area contributed by atoms with E-state index in [0.29, 0.717) is 49.6 Å². The van der Waals surface area contributed by atoms with E-state index >= 15 is 8.78 Å². The van der Waals surface area contributed by atoms with Crippen molar-refractivity contribution >= 4 is 43.1 Å². The number of halogens is 3. The molecule has 4 atom stereocenters. The van der Waals surface area contributed by atoms with E-state index in [9.17, 15) is 9.65 Å². The lowest BCUT2D eigenvalue weighted by molar-refractivity contribution is 0.0640. The molecule has 1 aromatic carbocycles. The Hall–Kier alpha value is -3.85. The topological polar surface area (TPSA) is 135 Å². The Morgan fingerprint density at radius 3 is 2.70 bits per heavy atom. The molecule has 2 unspecified atom stereocenters. The van der Waals surface area contributed by atoms with E-state index in [1.54, 1.807) is 7.11 Å². The van der Waals surface area contributed by atoms with Crippen LogP contribution in [0.1, 0.15) is 55.2 Å². The molecule has 9 rings (SSSR count). The minimum absolute atomic E-state index is 0.0227. The predicted octanol–water partition coefficient (Wildman–Crippen LogP) is 5.33. The number of benzene rings is 1. The maximum Gasteiger partial charge on any atom is 0.319 e. The number of hydrogen-bond donors (Lipinski definition) is 1. The number of alkyl halides is 1. The second-order valence-electron chi connectivity index (χ2n) is 15.2. The molecule has 16 heteroatoms. The summed E-state index contributed by atoms with van der Waals surface area (Å²) in [4.78, 5) is 21.2. The van der Waals surface area contributed by atoms with Gasteiger partial charge in [-0.25, -0.2) is 13.2 Å². The second kappa shape index (κ2) is 14.3. The second-order valence-corrected chi connectivity index (χ2v) is 16.2. The number of methoxy groups -OCH3 is 1. The van der Waals surface area contributed by atoms with E-state index < -0.39 is 23.3 Å². The van der Waals surface area contributed by atoms with E-state index in [2.05, 4.69) is 25.8 Å². The quantitative estimate of drug-likeness (QED) is 0.187. The Morgan fingerprint density at radius 1 is 1.09 bits per heavy atom. The Labute approximate surface area is 314 Å². The van der Waals surface area contributed by atoms with Crippen LogP contribution < -0.4 is 15.4 Å². The number of nitrogen functional groups attached to an aromatic ring is 1. The lowest BCUT2D eigenvalue weighted by Crippen LogP contribution is -2.54. The molecule has 4 aromatic rings. The van der Waals surface area contributed by atoms with Crippen LogP contribution in [0.25, 0.3) is 32.2 Å². The smallest absolute Gasteiger partial charge is 0.319 e. The van der Waals surface area contributed by atoms with Gasteiger partial charge in [-0.05, 0) is 49.8 Å². The Morgan fingerprint density at radius 2 is 1.91 bits per heavy atom. The van der Waals surface area contributed by atoms with Crippen molar-refractivity contribution < 1.29 is 32.1 Å². The van der Waals surface area contributed by atoms with Gasteiger partial charge in [0.25, 0.3) is 0 Å². The minimum atomic E-state index is -0.932. The number of anilines is 2. The summed E-state index contributed by atoms with van der Waals surface area (Å²) in [5.41, 5.74) is 7.31. The van der Waals surface area contributed by atoms with Crippen LogP contribution in [0.15, 0.2) is 6.20 Å². The minimum Gasteiger partial charge on any atom is -0.461 e. The predicted molar refractivity (Wildman–Crippen MR) is 197 cm³/mol. The van der Waals surface area contributed by atoms with Crippen LogP contribution in [0.2, 0.25) is 0 Å². The standard InChI is InChI=1S/C38H43F3N8O4S/c1-50-10-11-51-9-3-7-47-16-22-4-5-23(17-47)49(22)36-30-26-19-52-18-25(26)28(32-29-24(13-42)35(43)54-34(29)27(40)14-44-32)31(41)33(30)45-37(46-36)53-20-38-6-2-8-48(38)15-21(39)12-38/h14,21-23H,2-12,15-20,43H2,1H3/t21-,22?,23?,38+/m1/s1. The Bertz CT molecular complexity index is 2140. The zero-order chi connectivity index (χ0) is 37.1. The Kier molecular flexibility index (Phi) is 9.51. The number of piperazine rings is 1. The van der Waals surface area contributed by atoms with Crippen LogP contribution in [0, 0.1) is 23.0 Å². The Balaban J connectivity index is 1.15. The summed E-state index contributed by atoms with van der Waals surface area (Å²) in [5.74, 6) is -0.721. The molecule has 2 N–H and O–H groups in total. The summed E-state index contributed by atoms with van der Waals surface area (Å²) >= 11 is 0.935. The number of nitriles is 1. The largest absolute Gasteiger partial charge is 0.461 e. The molecule has 4 fully saturated rings. The van der Waals surface area contributed by atoms with Gasteiger partial charge in [0.1, 0.15) is 35.2 Å². The lowest BCUT2D eigenvalue weighted by atomic mass is 9.93.